The molecule has 10 atom stereocenters. The summed E-state index contributed by atoms with van der Waals surface area (Å²) in [5.41, 5.74) is 0.763. The summed E-state index contributed by atoms with van der Waals surface area (Å²) in [7, 11) is 0. The van der Waals surface area contributed by atoms with Gasteiger partial charge in [0.15, 0.2) is 0 Å². The summed E-state index contributed by atoms with van der Waals surface area (Å²) in [6, 6.07) is 0. The van der Waals surface area contributed by atoms with Gasteiger partial charge in [-0.15, -0.1) is 0 Å². The SMILES string of the molecule is C/C=C(/C)C(=O)O[C@H]1CC(C)(C)C[C@H]2C3=CC[C@@H]4[C@@]5(C)CC[C@H](O)C(C)(C)[C@@H]5CC[C@@]4(C)[C@]3(C)C[C@@H](O)[C@@]12CO. The van der Waals surface area contributed by atoms with Gasteiger partial charge in [-0.25, -0.2) is 4.79 Å². The molecule has 5 heteroatoms. The van der Waals surface area contributed by atoms with Crippen LogP contribution in [0.15, 0.2) is 23.3 Å². The highest BCUT2D eigenvalue weighted by molar-refractivity contribution is 5.87. The molecule has 4 fully saturated rings. The molecule has 0 heterocycles. The lowest BCUT2D eigenvalue weighted by Crippen LogP contribution is -2.69. The summed E-state index contributed by atoms with van der Waals surface area (Å²) in [5, 5.41) is 34.3. The zero-order valence-electron chi connectivity index (χ0n) is 26.6. The zero-order chi connectivity index (χ0) is 29.7. The number of allylic oxidation sites excluding steroid dienone is 3. The molecule has 0 bridgehead atoms. The molecule has 5 nitrogen and oxygen atoms in total. The van der Waals surface area contributed by atoms with Crippen LogP contribution < -0.4 is 0 Å². The van der Waals surface area contributed by atoms with Crippen LogP contribution in [-0.4, -0.2) is 46.2 Å². The van der Waals surface area contributed by atoms with Gasteiger partial charge in [0.25, 0.3) is 0 Å². The predicted molar refractivity (Wildman–Crippen MR) is 158 cm³/mol. The van der Waals surface area contributed by atoms with Crippen LogP contribution >= 0.6 is 0 Å². The van der Waals surface area contributed by atoms with Gasteiger partial charge in [-0.3, -0.25) is 0 Å². The Morgan fingerprint density at radius 2 is 1.65 bits per heavy atom. The maximum Gasteiger partial charge on any atom is 0.333 e. The van der Waals surface area contributed by atoms with Crippen LogP contribution in [0.25, 0.3) is 0 Å². The molecule has 0 unspecified atom stereocenters. The monoisotopic (exact) mass is 556 g/mol. The van der Waals surface area contributed by atoms with Crippen molar-refractivity contribution in [2.45, 2.75) is 132 Å². The third kappa shape index (κ3) is 3.85. The first kappa shape index (κ1) is 30.3. The summed E-state index contributed by atoms with van der Waals surface area (Å²) >= 11 is 0. The van der Waals surface area contributed by atoms with E-state index in [1.165, 1.54) is 5.57 Å². The van der Waals surface area contributed by atoms with E-state index in [0.717, 1.165) is 38.5 Å². The fraction of sp³-hybridized carbons (Fsp3) is 0.857. The molecule has 0 aromatic rings. The number of fused-ring (bicyclic) bond motifs is 7. The van der Waals surface area contributed by atoms with E-state index >= 15 is 0 Å². The number of hydrogen-bond acceptors (Lipinski definition) is 5. The van der Waals surface area contributed by atoms with Gasteiger partial charge in [0.2, 0.25) is 0 Å². The third-order valence-electron chi connectivity index (χ3n) is 14.1. The van der Waals surface area contributed by atoms with Crippen LogP contribution in [0.2, 0.25) is 0 Å². The molecule has 5 aliphatic rings. The Labute approximate surface area is 242 Å². The molecular formula is C35H56O5. The number of rotatable bonds is 3. The van der Waals surface area contributed by atoms with Crippen LogP contribution in [0, 0.1) is 50.2 Å². The minimum absolute atomic E-state index is 0.00139. The number of aliphatic hydroxyl groups excluding tert-OH is 3. The highest BCUT2D eigenvalue weighted by Gasteiger charge is 2.71. The lowest BCUT2D eigenvalue weighted by molar-refractivity contribution is -0.239. The van der Waals surface area contributed by atoms with Crippen molar-refractivity contribution >= 4 is 5.97 Å². The largest absolute Gasteiger partial charge is 0.458 e. The normalized spacial score (nSPS) is 49.5. The Kier molecular flexibility index (Phi) is 7.13. The summed E-state index contributed by atoms with van der Waals surface area (Å²) in [4.78, 5) is 13.0. The summed E-state index contributed by atoms with van der Waals surface area (Å²) in [6.07, 6.45) is 9.83. The molecule has 5 rings (SSSR count). The molecule has 0 aliphatic heterocycles. The van der Waals surface area contributed by atoms with Gasteiger partial charge in [0.05, 0.1) is 24.2 Å². The molecule has 0 aromatic heterocycles. The van der Waals surface area contributed by atoms with Crippen molar-refractivity contribution in [1.82, 2.24) is 0 Å². The first-order chi connectivity index (χ1) is 18.4. The van der Waals surface area contributed by atoms with Gasteiger partial charge < -0.3 is 20.1 Å². The first-order valence-corrected chi connectivity index (χ1v) is 16.0. The second kappa shape index (κ2) is 9.41. The molecule has 40 heavy (non-hydrogen) atoms. The first-order valence-electron chi connectivity index (χ1n) is 16.0. The van der Waals surface area contributed by atoms with Gasteiger partial charge in [-0.05, 0) is 110 Å². The standard InChI is InChI=1S/C35H56O5/c1-10-21(2)29(39)40-28-19-30(3,4)17-23-22-11-12-25-32(7)15-14-26(37)31(5,6)24(32)13-16-33(25,8)34(22,9)18-27(38)35(23,28)20-36/h10-11,23-28,36-38H,12-20H2,1-9H3/b21-10-/t23-,24-,25+,26-,27+,28-,32-,33+,34+,35-/m0/s1. The number of esters is 1. The van der Waals surface area contributed by atoms with E-state index < -0.39 is 17.6 Å². The second-order valence-corrected chi connectivity index (χ2v) is 16.7. The average molecular weight is 557 g/mol. The van der Waals surface area contributed by atoms with Crippen LogP contribution in [0.4, 0.5) is 0 Å². The van der Waals surface area contributed by atoms with E-state index in [-0.39, 0.29) is 51.7 Å². The maximum absolute atomic E-state index is 13.0. The molecule has 226 valence electrons. The van der Waals surface area contributed by atoms with Gasteiger partial charge in [0.1, 0.15) is 6.10 Å². The van der Waals surface area contributed by atoms with Gasteiger partial charge in [-0.1, -0.05) is 66.2 Å². The smallest absolute Gasteiger partial charge is 0.333 e. The minimum atomic E-state index is -0.897. The van der Waals surface area contributed by atoms with Crippen molar-refractivity contribution in [2.24, 2.45) is 50.2 Å². The number of carbonyl (C=O) groups excluding carboxylic acids is 1. The molecule has 0 aromatic carbocycles. The van der Waals surface area contributed by atoms with Gasteiger partial charge >= 0.3 is 5.97 Å². The van der Waals surface area contributed by atoms with E-state index in [0.29, 0.717) is 30.3 Å². The average Bonchev–Trinajstić information content (AvgIpc) is 2.86. The number of carbonyl (C=O) groups is 1. The van der Waals surface area contributed by atoms with Crippen molar-refractivity contribution < 1.29 is 24.9 Å². The van der Waals surface area contributed by atoms with Crippen molar-refractivity contribution in [2.75, 3.05) is 6.61 Å². The highest BCUT2D eigenvalue weighted by atomic mass is 16.5. The number of ether oxygens (including phenoxy) is 1. The predicted octanol–water partition coefficient (Wildman–Crippen LogP) is 6.60. The molecule has 0 amide bonds. The van der Waals surface area contributed by atoms with E-state index in [1.54, 1.807) is 13.0 Å². The van der Waals surface area contributed by atoms with Gasteiger partial charge in [0, 0.05) is 5.57 Å². The Morgan fingerprint density at radius 1 is 0.975 bits per heavy atom. The van der Waals surface area contributed by atoms with Crippen molar-refractivity contribution in [3.63, 3.8) is 0 Å². The Morgan fingerprint density at radius 3 is 2.27 bits per heavy atom. The Hall–Kier alpha value is -1.17. The van der Waals surface area contributed by atoms with Gasteiger partial charge in [-0.2, -0.15) is 0 Å². The Balaban J connectivity index is 1.60. The Bertz CT molecular complexity index is 1100. The van der Waals surface area contributed by atoms with Crippen LogP contribution in [0.5, 0.6) is 0 Å². The fourth-order valence-corrected chi connectivity index (χ4v) is 11.4. The van der Waals surface area contributed by atoms with Crippen molar-refractivity contribution in [3.8, 4) is 0 Å². The fourth-order valence-electron chi connectivity index (χ4n) is 11.4. The summed E-state index contributed by atoms with van der Waals surface area (Å²) < 4.78 is 6.20. The number of aliphatic hydroxyl groups is 3. The van der Waals surface area contributed by atoms with Crippen molar-refractivity contribution in [1.29, 1.82) is 0 Å². The highest BCUT2D eigenvalue weighted by Crippen LogP contribution is 2.75. The quantitative estimate of drug-likeness (QED) is 0.207. The number of hydrogen-bond donors (Lipinski definition) is 3. The maximum atomic E-state index is 13.0. The zero-order valence-corrected chi connectivity index (χ0v) is 26.6. The third-order valence-corrected chi connectivity index (χ3v) is 14.1. The van der Waals surface area contributed by atoms with E-state index in [9.17, 15) is 20.1 Å². The van der Waals surface area contributed by atoms with Crippen LogP contribution in [-0.2, 0) is 9.53 Å². The van der Waals surface area contributed by atoms with E-state index in [2.05, 4.69) is 54.5 Å². The summed E-state index contributed by atoms with van der Waals surface area (Å²) in [6.45, 7) is 19.8. The molecule has 4 saturated carbocycles. The van der Waals surface area contributed by atoms with E-state index in [4.69, 9.17) is 4.74 Å². The van der Waals surface area contributed by atoms with E-state index in [1.807, 2.05) is 6.92 Å². The molecule has 0 saturated heterocycles. The second-order valence-electron chi connectivity index (χ2n) is 16.7. The lowest BCUT2D eigenvalue weighted by atomic mass is 9.33. The van der Waals surface area contributed by atoms with Crippen LogP contribution in [0.1, 0.15) is 114 Å². The molecule has 0 spiro atoms. The molecule has 0 radical (unpaired) electrons. The molecular weight excluding hydrogens is 500 g/mol. The van der Waals surface area contributed by atoms with Crippen LogP contribution in [0.3, 0.4) is 0 Å². The lowest BCUT2D eigenvalue weighted by Gasteiger charge is -2.72. The molecule has 5 aliphatic carbocycles. The topological polar surface area (TPSA) is 87.0 Å². The summed E-state index contributed by atoms with van der Waals surface area (Å²) in [5.74, 6) is 0.537. The molecule has 3 N–H and O–H groups in total. The van der Waals surface area contributed by atoms with Crippen molar-refractivity contribution in [3.05, 3.63) is 23.3 Å². The minimum Gasteiger partial charge on any atom is -0.458 e.